The van der Waals surface area contributed by atoms with Crippen molar-refractivity contribution in [3.8, 4) is 0 Å². The smallest absolute Gasteiger partial charge is 0.00718 e. The third-order valence-corrected chi connectivity index (χ3v) is 3.53. The maximum absolute atomic E-state index is 3.48. The molecule has 2 aromatic carbocycles. The van der Waals surface area contributed by atoms with E-state index in [0.717, 1.165) is 23.5 Å². The molecule has 0 aliphatic rings. The van der Waals surface area contributed by atoms with Crippen molar-refractivity contribution in [1.82, 2.24) is 0 Å². The molecule has 0 spiro atoms. The van der Waals surface area contributed by atoms with Crippen LogP contribution in [0.4, 0.5) is 0 Å². The van der Waals surface area contributed by atoms with Crippen LogP contribution in [0.15, 0.2) is 36.4 Å². The van der Waals surface area contributed by atoms with E-state index < -0.39 is 0 Å². The van der Waals surface area contributed by atoms with E-state index in [2.05, 4.69) is 68.3 Å². The van der Waals surface area contributed by atoms with Gasteiger partial charge in [0.05, 0.1) is 0 Å². The number of benzene rings is 2. The molecule has 0 bridgehead atoms. The molecule has 0 saturated carbocycles. The summed E-state index contributed by atoms with van der Waals surface area (Å²) in [7, 11) is 0. The van der Waals surface area contributed by atoms with Crippen molar-refractivity contribution < 1.29 is 0 Å². The Balaban J connectivity index is 2.36. The highest BCUT2D eigenvalue weighted by Crippen LogP contribution is 2.19. The zero-order valence-corrected chi connectivity index (χ0v) is 12.2. The first-order chi connectivity index (χ1) is 7.83. The fraction of sp³-hybridized carbons (Fsp3) is 0.286. The SMILES string of the molecule is BrCCc1ccc2cc(CCBr)ccc2c1. The van der Waals surface area contributed by atoms with Crippen LogP contribution in [0.1, 0.15) is 11.1 Å². The standard InChI is InChI=1S/C14H14Br2/c15-7-5-11-1-3-13-10-12(6-8-16)2-4-14(13)9-11/h1-4,9-10H,5-8H2. The van der Waals surface area contributed by atoms with Crippen LogP contribution >= 0.6 is 31.9 Å². The fourth-order valence-corrected chi connectivity index (χ4v) is 2.79. The topological polar surface area (TPSA) is 0 Å². The van der Waals surface area contributed by atoms with Crippen LogP contribution in [0.2, 0.25) is 0 Å². The summed E-state index contributed by atoms with van der Waals surface area (Å²) < 4.78 is 0. The first kappa shape index (κ1) is 12.1. The number of rotatable bonds is 4. The van der Waals surface area contributed by atoms with Crippen LogP contribution in [0.3, 0.4) is 0 Å². The molecule has 0 radical (unpaired) electrons. The monoisotopic (exact) mass is 340 g/mol. The second-order valence-electron chi connectivity index (χ2n) is 3.89. The number of aryl methyl sites for hydroxylation is 2. The molecule has 0 amide bonds. The first-order valence-corrected chi connectivity index (χ1v) is 7.71. The van der Waals surface area contributed by atoms with E-state index in [9.17, 15) is 0 Å². The molecule has 0 fully saturated rings. The van der Waals surface area contributed by atoms with Crippen molar-refractivity contribution >= 4 is 42.6 Å². The van der Waals surface area contributed by atoms with Crippen molar-refractivity contribution in [2.75, 3.05) is 10.7 Å². The van der Waals surface area contributed by atoms with Gasteiger partial charge in [-0.2, -0.15) is 0 Å². The van der Waals surface area contributed by atoms with Gasteiger partial charge in [0.15, 0.2) is 0 Å². The number of hydrogen-bond donors (Lipinski definition) is 0. The Morgan fingerprint density at radius 2 is 1.12 bits per heavy atom. The molecule has 84 valence electrons. The van der Waals surface area contributed by atoms with E-state index in [1.165, 1.54) is 21.9 Å². The molecule has 0 saturated heterocycles. The van der Waals surface area contributed by atoms with Crippen molar-refractivity contribution in [2.24, 2.45) is 0 Å². The highest BCUT2D eigenvalue weighted by Gasteiger charge is 1.98. The van der Waals surface area contributed by atoms with E-state index in [1.54, 1.807) is 0 Å². The first-order valence-electron chi connectivity index (χ1n) is 5.47. The summed E-state index contributed by atoms with van der Waals surface area (Å²) in [5.41, 5.74) is 2.80. The van der Waals surface area contributed by atoms with E-state index in [4.69, 9.17) is 0 Å². The summed E-state index contributed by atoms with van der Waals surface area (Å²) in [4.78, 5) is 0. The predicted molar refractivity (Wildman–Crippen MR) is 78.9 cm³/mol. The normalized spacial score (nSPS) is 10.9. The van der Waals surface area contributed by atoms with E-state index in [-0.39, 0.29) is 0 Å². The molecular weight excluding hydrogens is 328 g/mol. The Morgan fingerprint density at radius 3 is 1.50 bits per heavy atom. The fourth-order valence-electron chi connectivity index (χ4n) is 1.87. The Morgan fingerprint density at radius 1 is 0.688 bits per heavy atom. The van der Waals surface area contributed by atoms with Crippen LogP contribution in [0.25, 0.3) is 10.8 Å². The summed E-state index contributed by atoms with van der Waals surface area (Å²) in [6.45, 7) is 0. The molecular formula is C14H14Br2. The lowest BCUT2D eigenvalue weighted by Crippen LogP contribution is -1.88. The summed E-state index contributed by atoms with van der Waals surface area (Å²) in [5, 5.41) is 4.74. The molecule has 2 rings (SSSR count). The van der Waals surface area contributed by atoms with E-state index in [0.29, 0.717) is 0 Å². The zero-order chi connectivity index (χ0) is 11.4. The van der Waals surface area contributed by atoms with Crippen molar-refractivity contribution in [3.05, 3.63) is 47.5 Å². The highest BCUT2D eigenvalue weighted by molar-refractivity contribution is 9.09. The second-order valence-corrected chi connectivity index (χ2v) is 5.48. The van der Waals surface area contributed by atoms with Crippen molar-refractivity contribution in [2.45, 2.75) is 12.8 Å². The maximum Gasteiger partial charge on any atom is 0.00718 e. The van der Waals surface area contributed by atoms with Gasteiger partial charge in [-0.15, -0.1) is 0 Å². The van der Waals surface area contributed by atoms with Gasteiger partial charge < -0.3 is 0 Å². The van der Waals surface area contributed by atoms with Gasteiger partial charge in [-0.1, -0.05) is 68.3 Å². The molecule has 2 heteroatoms. The molecule has 0 nitrogen and oxygen atoms in total. The molecule has 0 aliphatic carbocycles. The summed E-state index contributed by atoms with van der Waals surface area (Å²) in [6.07, 6.45) is 2.19. The number of hydrogen-bond acceptors (Lipinski definition) is 0. The summed E-state index contributed by atoms with van der Waals surface area (Å²) in [6, 6.07) is 13.5. The van der Waals surface area contributed by atoms with Gasteiger partial charge in [0, 0.05) is 10.7 Å². The third-order valence-electron chi connectivity index (χ3n) is 2.74. The van der Waals surface area contributed by atoms with Gasteiger partial charge in [0.25, 0.3) is 0 Å². The minimum Gasteiger partial charge on any atom is -0.0924 e. The molecule has 0 aliphatic heterocycles. The van der Waals surface area contributed by atoms with Crippen LogP contribution in [0, 0.1) is 0 Å². The van der Waals surface area contributed by atoms with Crippen molar-refractivity contribution in [1.29, 1.82) is 0 Å². The number of alkyl halides is 2. The lowest BCUT2D eigenvalue weighted by molar-refractivity contribution is 1.17. The lowest BCUT2D eigenvalue weighted by atomic mass is 10.0. The highest BCUT2D eigenvalue weighted by atomic mass is 79.9. The number of halogens is 2. The van der Waals surface area contributed by atoms with Gasteiger partial charge in [-0.25, -0.2) is 0 Å². The van der Waals surface area contributed by atoms with Gasteiger partial charge in [-0.3, -0.25) is 0 Å². The minimum absolute atomic E-state index is 1.03. The molecule has 0 unspecified atom stereocenters. The van der Waals surface area contributed by atoms with E-state index >= 15 is 0 Å². The quantitative estimate of drug-likeness (QED) is 0.706. The molecule has 0 aromatic heterocycles. The zero-order valence-electron chi connectivity index (χ0n) is 9.05. The maximum atomic E-state index is 3.48. The van der Waals surface area contributed by atoms with Gasteiger partial charge in [-0.05, 0) is 34.7 Å². The number of fused-ring (bicyclic) bond motifs is 1. The Hall–Kier alpha value is -0.340. The average Bonchev–Trinajstić information content (AvgIpc) is 2.30. The van der Waals surface area contributed by atoms with Crippen LogP contribution in [-0.2, 0) is 12.8 Å². The Kier molecular flexibility index (Phi) is 4.42. The van der Waals surface area contributed by atoms with Crippen LogP contribution in [0.5, 0.6) is 0 Å². The summed E-state index contributed by atoms with van der Waals surface area (Å²) >= 11 is 6.95. The van der Waals surface area contributed by atoms with Gasteiger partial charge in [0.2, 0.25) is 0 Å². The third kappa shape index (κ3) is 2.86. The lowest BCUT2D eigenvalue weighted by Gasteiger charge is -2.04. The van der Waals surface area contributed by atoms with Gasteiger partial charge >= 0.3 is 0 Å². The molecule has 0 N–H and O–H groups in total. The Bertz CT molecular complexity index is 432. The Labute approximate surface area is 113 Å². The van der Waals surface area contributed by atoms with Crippen molar-refractivity contribution in [3.63, 3.8) is 0 Å². The van der Waals surface area contributed by atoms with Crippen LogP contribution in [-0.4, -0.2) is 10.7 Å². The van der Waals surface area contributed by atoms with Gasteiger partial charge in [0.1, 0.15) is 0 Å². The minimum atomic E-state index is 1.03. The molecule has 0 atom stereocenters. The van der Waals surface area contributed by atoms with E-state index in [1.807, 2.05) is 0 Å². The summed E-state index contributed by atoms with van der Waals surface area (Å²) in [5.74, 6) is 0. The largest absolute Gasteiger partial charge is 0.0924 e. The molecule has 16 heavy (non-hydrogen) atoms. The second kappa shape index (κ2) is 5.83. The predicted octanol–water partition coefficient (Wildman–Crippen LogP) is 4.71. The van der Waals surface area contributed by atoms with Crippen LogP contribution < -0.4 is 0 Å². The average molecular weight is 342 g/mol. The molecule has 2 aromatic rings. The molecule has 0 heterocycles.